The molecule has 7 nitrogen and oxygen atoms in total. The van der Waals surface area contributed by atoms with Crippen LogP contribution in [0.5, 0.6) is 0 Å². The number of aromatic nitrogens is 1. The molecule has 0 atom stereocenters. The lowest BCUT2D eigenvalue weighted by molar-refractivity contribution is 0.102. The van der Waals surface area contributed by atoms with Gasteiger partial charge >= 0.3 is 0 Å². The lowest BCUT2D eigenvalue weighted by Crippen LogP contribution is -2.24. The van der Waals surface area contributed by atoms with E-state index in [1.54, 1.807) is 42.6 Å². The second-order valence-electron chi connectivity index (χ2n) is 5.97. The van der Waals surface area contributed by atoms with E-state index in [9.17, 15) is 13.2 Å². The third kappa shape index (κ3) is 4.48. The van der Waals surface area contributed by atoms with Crippen molar-refractivity contribution in [3.63, 3.8) is 0 Å². The number of nitrogens with one attached hydrogen (secondary N) is 2. The smallest absolute Gasteiger partial charge is 0.259 e. The molecule has 0 saturated carbocycles. The number of amides is 1. The Balaban J connectivity index is 1.74. The number of sulfonamides is 1. The molecule has 0 aliphatic carbocycles. The van der Waals surface area contributed by atoms with Crippen LogP contribution in [0.1, 0.15) is 23.2 Å². The van der Waals surface area contributed by atoms with E-state index in [0.29, 0.717) is 22.8 Å². The lowest BCUT2D eigenvalue weighted by Gasteiger charge is -2.19. The zero-order valence-corrected chi connectivity index (χ0v) is 14.7. The lowest BCUT2D eigenvalue weighted by atomic mass is 10.2. The minimum atomic E-state index is -3.32. The van der Waals surface area contributed by atoms with Gasteiger partial charge in [-0.25, -0.2) is 13.4 Å². The maximum absolute atomic E-state index is 12.6. The van der Waals surface area contributed by atoms with Crippen LogP contribution in [-0.2, 0) is 10.0 Å². The van der Waals surface area contributed by atoms with Crippen molar-refractivity contribution >= 4 is 33.1 Å². The highest BCUT2D eigenvalue weighted by Crippen LogP contribution is 2.23. The molecule has 0 radical (unpaired) electrons. The fraction of sp³-hybridized carbons (Fsp3) is 0.294. The number of hydrogen-bond acceptors (Lipinski definition) is 5. The van der Waals surface area contributed by atoms with Crippen molar-refractivity contribution in [1.29, 1.82) is 0 Å². The number of rotatable bonds is 5. The first kappa shape index (κ1) is 17.2. The fourth-order valence-corrected chi connectivity index (χ4v) is 3.35. The third-order valence-corrected chi connectivity index (χ3v) is 4.49. The highest BCUT2D eigenvalue weighted by Gasteiger charge is 2.20. The number of hydrogen-bond donors (Lipinski definition) is 2. The van der Waals surface area contributed by atoms with Crippen molar-refractivity contribution in [2.24, 2.45) is 0 Å². The van der Waals surface area contributed by atoms with Gasteiger partial charge in [-0.05, 0) is 49.2 Å². The topological polar surface area (TPSA) is 91.4 Å². The molecule has 25 heavy (non-hydrogen) atoms. The summed E-state index contributed by atoms with van der Waals surface area (Å²) in [6, 6.07) is 10.0. The predicted octanol–water partition coefficient (Wildman–Crippen LogP) is 2.31. The molecule has 1 amide bonds. The molecular weight excluding hydrogens is 340 g/mol. The van der Waals surface area contributed by atoms with Gasteiger partial charge in [0, 0.05) is 30.7 Å². The molecule has 1 saturated heterocycles. The van der Waals surface area contributed by atoms with Gasteiger partial charge < -0.3 is 10.2 Å². The first-order valence-corrected chi connectivity index (χ1v) is 9.91. The maximum atomic E-state index is 12.6. The van der Waals surface area contributed by atoms with Gasteiger partial charge in [-0.3, -0.25) is 9.52 Å². The molecule has 132 valence electrons. The molecule has 3 rings (SSSR count). The number of anilines is 3. The molecule has 2 heterocycles. The number of benzene rings is 1. The Kier molecular flexibility index (Phi) is 4.89. The van der Waals surface area contributed by atoms with Crippen molar-refractivity contribution in [3.05, 3.63) is 48.2 Å². The van der Waals surface area contributed by atoms with Gasteiger partial charge in [0.15, 0.2) is 0 Å². The molecule has 8 heteroatoms. The Bertz CT molecular complexity index is 860. The van der Waals surface area contributed by atoms with E-state index in [2.05, 4.69) is 19.9 Å². The van der Waals surface area contributed by atoms with Gasteiger partial charge in [0.1, 0.15) is 5.82 Å². The van der Waals surface area contributed by atoms with Crippen LogP contribution in [0.25, 0.3) is 0 Å². The van der Waals surface area contributed by atoms with Crippen LogP contribution in [0.3, 0.4) is 0 Å². The highest BCUT2D eigenvalue weighted by molar-refractivity contribution is 7.92. The van der Waals surface area contributed by atoms with E-state index in [4.69, 9.17) is 0 Å². The minimum absolute atomic E-state index is 0.237. The second-order valence-corrected chi connectivity index (χ2v) is 7.72. The van der Waals surface area contributed by atoms with Crippen LogP contribution >= 0.6 is 0 Å². The zero-order chi connectivity index (χ0) is 17.9. The van der Waals surface area contributed by atoms with Crippen molar-refractivity contribution < 1.29 is 13.2 Å². The van der Waals surface area contributed by atoms with Crippen molar-refractivity contribution in [3.8, 4) is 0 Å². The Labute approximate surface area is 147 Å². The molecular formula is C17H20N4O3S. The largest absolute Gasteiger partial charge is 0.356 e. The molecule has 1 fully saturated rings. The summed E-state index contributed by atoms with van der Waals surface area (Å²) in [5.74, 6) is 0.465. The summed E-state index contributed by atoms with van der Waals surface area (Å²) in [5, 5.41) is 2.83. The first-order valence-electron chi connectivity index (χ1n) is 8.01. The Morgan fingerprint density at radius 1 is 1.08 bits per heavy atom. The fourth-order valence-electron chi connectivity index (χ4n) is 2.79. The monoisotopic (exact) mass is 360 g/mol. The van der Waals surface area contributed by atoms with Gasteiger partial charge in [-0.1, -0.05) is 0 Å². The SMILES string of the molecule is CS(=O)(=O)Nc1ccc(NC(=O)c2cccnc2N2CCCC2)cc1. The Morgan fingerprint density at radius 2 is 1.72 bits per heavy atom. The first-order chi connectivity index (χ1) is 11.9. The number of pyridine rings is 1. The summed E-state index contributed by atoms with van der Waals surface area (Å²) in [6.45, 7) is 1.81. The molecule has 0 bridgehead atoms. The van der Waals surface area contributed by atoms with Crippen LogP contribution < -0.4 is 14.9 Å². The van der Waals surface area contributed by atoms with Gasteiger partial charge in [-0.2, -0.15) is 0 Å². The van der Waals surface area contributed by atoms with Gasteiger partial charge in [0.2, 0.25) is 10.0 Å². The van der Waals surface area contributed by atoms with E-state index in [1.165, 1.54) is 0 Å². The molecule has 1 aliphatic rings. The average molecular weight is 360 g/mol. The Morgan fingerprint density at radius 3 is 2.36 bits per heavy atom. The van der Waals surface area contributed by atoms with E-state index in [1.807, 2.05) is 0 Å². The maximum Gasteiger partial charge on any atom is 0.259 e. The highest BCUT2D eigenvalue weighted by atomic mass is 32.2. The summed E-state index contributed by atoms with van der Waals surface area (Å²) in [7, 11) is -3.32. The van der Waals surface area contributed by atoms with Gasteiger partial charge in [0.25, 0.3) is 5.91 Å². The molecule has 0 spiro atoms. The predicted molar refractivity (Wildman–Crippen MR) is 98.5 cm³/mol. The van der Waals surface area contributed by atoms with E-state index < -0.39 is 10.0 Å². The Hall–Kier alpha value is -2.61. The van der Waals surface area contributed by atoms with Gasteiger partial charge in [-0.15, -0.1) is 0 Å². The third-order valence-electron chi connectivity index (χ3n) is 3.88. The van der Waals surface area contributed by atoms with Crippen LogP contribution in [0.4, 0.5) is 17.2 Å². The summed E-state index contributed by atoms with van der Waals surface area (Å²) < 4.78 is 24.8. The number of nitrogens with zero attached hydrogens (tertiary/aromatic N) is 2. The standard InChI is InChI=1S/C17H20N4O3S/c1-25(23,24)20-14-8-6-13(7-9-14)19-17(22)15-5-4-10-18-16(15)21-11-2-3-12-21/h4-10,20H,2-3,11-12H2,1H3,(H,19,22). The van der Waals surface area contributed by atoms with E-state index in [-0.39, 0.29) is 5.91 Å². The van der Waals surface area contributed by atoms with Gasteiger partial charge in [0.05, 0.1) is 11.8 Å². The summed E-state index contributed by atoms with van der Waals surface area (Å²) in [6.07, 6.45) is 4.99. The summed E-state index contributed by atoms with van der Waals surface area (Å²) >= 11 is 0. The molecule has 1 aromatic heterocycles. The summed E-state index contributed by atoms with van der Waals surface area (Å²) in [5.41, 5.74) is 1.56. The molecule has 2 N–H and O–H groups in total. The normalized spacial score (nSPS) is 14.4. The molecule has 1 aromatic carbocycles. The van der Waals surface area contributed by atoms with Crippen molar-refractivity contribution in [1.82, 2.24) is 4.98 Å². The number of carbonyl (C=O) groups is 1. The molecule has 0 unspecified atom stereocenters. The number of carbonyl (C=O) groups excluding carboxylic acids is 1. The van der Waals surface area contributed by atoms with Crippen molar-refractivity contribution in [2.45, 2.75) is 12.8 Å². The quantitative estimate of drug-likeness (QED) is 0.854. The average Bonchev–Trinajstić information content (AvgIpc) is 3.10. The van der Waals surface area contributed by atoms with Crippen LogP contribution in [0, 0.1) is 0 Å². The second kappa shape index (κ2) is 7.10. The summed E-state index contributed by atoms with van der Waals surface area (Å²) in [4.78, 5) is 19.1. The van der Waals surface area contributed by atoms with Crippen LogP contribution in [-0.4, -0.2) is 38.7 Å². The van der Waals surface area contributed by atoms with Crippen molar-refractivity contribution in [2.75, 3.05) is 34.3 Å². The van der Waals surface area contributed by atoms with E-state index >= 15 is 0 Å². The van der Waals surface area contributed by atoms with E-state index in [0.717, 1.165) is 32.2 Å². The molecule has 2 aromatic rings. The molecule has 1 aliphatic heterocycles. The minimum Gasteiger partial charge on any atom is -0.356 e. The van der Waals surface area contributed by atoms with Crippen LogP contribution in [0.2, 0.25) is 0 Å². The van der Waals surface area contributed by atoms with Crippen LogP contribution in [0.15, 0.2) is 42.6 Å². The zero-order valence-electron chi connectivity index (χ0n) is 13.9.